The number of thiophene rings is 1. The van der Waals surface area contributed by atoms with Gasteiger partial charge < -0.3 is 19.5 Å². The molecule has 11 heteroatoms. The maximum absolute atomic E-state index is 13.1. The SMILES string of the molecule is CCOC(=O)c1c(NC(=O)C(C#N)=Cc2ccc(OCC)c(OC)c2)sc(C)c1-c1ccc([N+](=O)[O-])cc1. The number of nitrogens with zero attached hydrogens (tertiary/aromatic N) is 2. The first kappa shape index (κ1) is 27.9. The normalized spacial score (nSPS) is 10.9. The van der Waals surface area contributed by atoms with Crippen LogP contribution in [-0.4, -0.2) is 37.1 Å². The van der Waals surface area contributed by atoms with Crippen molar-refractivity contribution in [3.8, 4) is 28.7 Å². The van der Waals surface area contributed by atoms with Crippen molar-refractivity contribution in [3.05, 3.63) is 74.2 Å². The Hall–Kier alpha value is -4.69. The molecule has 3 rings (SSSR count). The summed E-state index contributed by atoms with van der Waals surface area (Å²) in [5.41, 5.74) is 1.38. The van der Waals surface area contributed by atoms with Gasteiger partial charge in [0, 0.05) is 22.6 Å². The number of nitro benzene ring substituents is 1. The van der Waals surface area contributed by atoms with Crippen LogP contribution < -0.4 is 14.8 Å². The van der Waals surface area contributed by atoms with Crippen molar-refractivity contribution < 1.29 is 28.7 Å². The van der Waals surface area contributed by atoms with Gasteiger partial charge in [0.25, 0.3) is 11.6 Å². The van der Waals surface area contributed by atoms with Gasteiger partial charge in [-0.2, -0.15) is 5.26 Å². The molecule has 0 saturated heterocycles. The van der Waals surface area contributed by atoms with Crippen molar-refractivity contribution in [1.82, 2.24) is 0 Å². The van der Waals surface area contributed by atoms with Crippen LogP contribution in [0.2, 0.25) is 0 Å². The van der Waals surface area contributed by atoms with Crippen LogP contribution in [0.5, 0.6) is 11.5 Å². The largest absolute Gasteiger partial charge is 0.493 e. The third-order valence-corrected chi connectivity index (χ3v) is 6.34. The standard InChI is InChI=1S/C27H25N3O7S/c1-5-36-21-12-7-17(14-22(21)35-4)13-19(15-28)25(31)29-26-24(27(32)37-6-2)23(16(3)38-26)18-8-10-20(11-9-18)30(33)34/h7-14H,5-6H2,1-4H3,(H,29,31). The fraction of sp³-hybridized carbons (Fsp3) is 0.222. The molecular weight excluding hydrogens is 510 g/mol. The number of carbonyl (C=O) groups excluding carboxylic acids is 2. The summed E-state index contributed by atoms with van der Waals surface area (Å²) >= 11 is 1.14. The maximum atomic E-state index is 13.1. The molecule has 0 aliphatic heterocycles. The summed E-state index contributed by atoms with van der Waals surface area (Å²) in [6.07, 6.45) is 1.40. The van der Waals surface area contributed by atoms with Crippen molar-refractivity contribution in [2.45, 2.75) is 20.8 Å². The molecule has 0 atom stereocenters. The maximum Gasteiger partial charge on any atom is 0.341 e. The van der Waals surface area contributed by atoms with Crippen LogP contribution in [0.3, 0.4) is 0 Å². The van der Waals surface area contributed by atoms with Crippen molar-refractivity contribution in [1.29, 1.82) is 5.26 Å². The highest BCUT2D eigenvalue weighted by atomic mass is 32.1. The second-order valence-electron chi connectivity index (χ2n) is 7.73. The molecule has 0 saturated carbocycles. The van der Waals surface area contributed by atoms with Gasteiger partial charge in [0.15, 0.2) is 11.5 Å². The minimum absolute atomic E-state index is 0.0948. The molecule has 3 aromatic rings. The quantitative estimate of drug-likeness (QED) is 0.114. The predicted octanol–water partition coefficient (Wildman–Crippen LogP) is 5.76. The average Bonchev–Trinajstić information content (AvgIpc) is 3.23. The summed E-state index contributed by atoms with van der Waals surface area (Å²) in [5.74, 6) is -0.409. The van der Waals surface area contributed by atoms with Crippen LogP contribution >= 0.6 is 11.3 Å². The highest BCUT2D eigenvalue weighted by molar-refractivity contribution is 7.17. The van der Waals surface area contributed by atoms with E-state index in [0.717, 1.165) is 11.3 Å². The second-order valence-corrected chi connectivity index (χ2v) is 8.95. The number of rotatable bonds is 10. The lowest BCUT2D eigenvalue weighted by molar-refractivity contribution is -0.384. The van der Waals surface area contributed by atoms with Crippen LogP contribution in [0.25, 0.3) is 17.2 Å². The van der Waals surface area contributed by atoms with Crippen LogP contribution in [0.1, 0.15) is 34.6 Å². The summed E-state index contributed by atoms with van der Waals surface area (Å²) < 4.78 is 16.1. The zero-order valence-corrected chi connectivity index (χ0v) is 22.0. The van der Waals surface area contributed by atoms with Crippen LogP contribution in [0.4, 0.5) is 10.7 Å². The van der Waals surface area contributed by atoms with Crippen molar-refractivity contribution >= 4 is 40.0 Å². The Kier molecular flexibility index (Phi) is 9.18. The van der Waals surface area contributed by atoms with Gasteiger partial charge in [-0.1, -0.05) is 6.07 Å². The number of amides is 1. The van der Waals surface area contributed by atoms with E-state index in [0.29, 0.717) is 39.7 Å². The molecule has 38 heavy (non-hydrogen) atoms. The summed E-state index contributed by atoms with van der Waals surface area (Å²) in [7, 11) is 1.49. The number of nitrogens with one attached hydrogen (secondary N) is 1. The van der Waals surface area contributed by atoms with E-state index in [4.69, 9.17) is 14.2 Å². The number of nitriles is 1. The molecule has 0 aliphatic carbocycles. The Morgan fingerprint density at radius 2 is 1.84 bits per heavy atom. The third-order valence-electron chi connectivity index (χ3n) is 5.32. The van der Waals surface area contributed by atoms with Crippen molar-refractivity contribution in [2.75, 3.05) is 25.6 Å². The highest BCUT2D eigenvalue weighted by Gasteiger charge is 2.26. The van der Waals surface area contributed by atoms with E-state index in [1.807, 2.05) is 13.0 Å². The number of aryl methyl sites for hydroxylation is 1. The van der Waals surface area contributed by atoms with Gasteiger partial charge in [0.2, 0.25) is 0 Å². The number of esters is 1. The van der Waals surface area contributed by atoms with Crippen molar-refractivity contribution in [2.24, 2.45) is 0 Å². The Morgan fingerprint density at radius 1 is 1.13 bits per heavy atom. The summed E-state index contributed by atoms with van der Waals surface area (Å²) in [4.78, 5) is 37.2. The molecule has 1 heterocycles. The smallest absolute Gasteiger partial charge is 0.341 e. The second kappa shape index (κ2) is 12.5. The minimum atomic E-state index is -0.720. The molecule has 0 fully saturated rings. The Morgan fingerprint density at radius 3 is 2.42 bits per heavy atom. The van der Waals surface area contributed by atoms with E-state index >= 15 is 0 Å². The van der Waals surface area contributed by atoms with Crippen LogP contribution in [-0.2, 0) is 9.53 Å². The van der Waals surface area contributed by atoms with Gasteiger partial charge >= 0.3 is 5.97 Å². The Balaban J connectivity index is 2.00. The van der Waals surface area contributed by atoms with E-state index in [-0.39, 0.29) is 28.4 Å². The number of hydrogen-bond donors (Lipinski definition) is 1. The minimum Gasteiger partial charge on any atom is -0.493 e. The predicted molar refractivity (Wildman–Crippen MR) is 143 cm³/mol. The first-order valence-corrected chi connectivity index (χ1v) is 12.3. The first-order valence-electron chi connectivity index (χ1n) is 11.5. The topological polar surface area (TPSA) is 141 Å². The van der Waals surface area contributed by atoms with E-state index in [2.05, 4.69) is 5.32 Å². The van der Waals surface area contributed by atoms with Gasteiger partial charge in [0.05, 0.1) is 25.2 Å². The van der Waals surface area contributed by atoms with Crippen LogP contribution in [0, 0.1) is 28.4 Å². The van der Waals surface area contributed by atoms with E-state index in [9.17, 15) is 25.0 Å². The van der Waals surface area contributed by atoms with Gasteiger partial charge in [-0.3, -0.25) is 14.9 Å². The number of ether oxygens (including phenoxy) is 3. The Labute approximate surface area is 223 Å². The number of nitro groups is 1. The Bertz CT molecular complexity index is 1440. The molecule has 0 bridgehead atoms. The lowest BCUT2D eigenvalue weighted by Gasteiger charge is -2.10. The lowest BCUT2D eigenvalue weighted by atomic mass is 10.0. The molecule has 1 N–H and O–H groups in total. The third kappa shape index (κ3) is 6.16. The molecule has 2 aromatic carbocycles. The molecule has 196 valence electrons. The molecule has 1 aromatic heterocycles. The fourth-order valence-corrected chi connectivity index (χ4v) is 4.72. The van der Waals surface area contributed by atoms with E-state index in [1.165, 1.54) is 37.5 Å². The van der Waals surface area contributed by atoms with Gasteiger partial charge in [0.1, 0.15) is 22.2 Å². The first-order chi connectivity index (χ1) is 18.2. The molecule has 1 amide bonds. The van der Waals surface area contributed by atoms with Gasteiger partial charge in [-0.15, -0.1) is 11.3 Å². The zero-order valence-electron chi connectivity index (χ0n) is 21.2. The number of hydrogen-bond acceptors (Lipinski definition) is 9. The number of carbonyl (C=O) groups is 2. The number of benzene rings is 2. The molecule has 0 unspecified atom stereocenters. The molecular formula is C27H25N3O7S. The summed E-state index contributed by atoms with van der Waals surface area (Å²) in [5, 5.41) is 23.6. The fourth-order valence-electron chi connectivity index (χ4n) is 3.66. The van der Waals surface area contributed by atoms with Gasteiger partial charge in [-0.05, 0) is 62.2 Å². The number of methoxy groups -OCH3 is 1. The summed E-state index contributed by atoms with van der Waals surface area (Å²) in [6.45, 7) is 5.80. The lowest BCUT2D eigenvalue weighted by Crippen LogP contribution is -2.16. The molecule has 0 aliphatic rings. The number of non-ortho nitro benzene ring substituents is 1. The molecule has 0 spiro atoms. The zero-order chi connectivity index (χ0) is 27.8. The van der Waals surface area contributed by atoms with Gasteiger partial charge in [-0.25, -0.2) is 4.79 Å². The monoisotopic (exact) mass is 535 g/mol. The summed E-state index contributed by atoms with van der Waals surface area (Å²) in [6, 6.07) is 12.6. The number of anilines is 1. The van der Waals surface area contributed by atoms with Crippen LogP contribution in [0.15, 0.2) is 48.0 Å². The van der Waals surface area contributed by atoms with E-state index < -0.39 is 16.8 Å². The van der Waals surface area contributed by atoms with E-state index in [1.54, 1.807) is 32.0 Å². The van der Waals surface area contributed by atoms with Crippen molar-refractivity contribution in [3.63, 3.8) is 0 Å². The average molecular weight is 536 g/mol. The molecule has 10 nitrogen and oxygen atoms in total. The highest BCUT2D eigenvalue weighted by Crippen LogP contribution is 2.41. The molecule has 0 radical (unpaired) electrons.